The van der Waals surface area contributed by atoms with Gasteiger partial charge in [-0.05, 0) is 61.0 Å². The van der Waals surface area contributed by atoms with Crippen molar-refractivity contribution in [1.29, 1.82) is 0 Å². The molecule has 0 saturated carbocycles. The van der Waals surface area contributed by atoms with Crippen LogP contribution in [-0.4, -0.2) is 19.3 Å². The molecule has 0 aliphatic carbocycles. The second kappa shape index (κ2) is 10.5. The van der Waals surface area contributed by atoms with Gasteiger partial charge in [0.05, 0.1) is 4.90 Å². The number of hydrogen-bond acceptors (Lipinski definition) is 5. The Morgan fingerprint density at radius 3 is 2.18 bits per heavy atom. The topological polar surface area (TPSA) is 88.2 Å². The monoisotopic (exact) mass is 489 g/mol. The Kier molecular flexibility index (Phi) is 7.30. The standard InChI is InChI=1S/C26H23N3O3S2/c1-19-10-16-23(17-11-19)34(31,32)29-21-12-14-22(15-13-21)33-25(20-7-3-2-4-8-20)26(30)28-24-9-5-6-18-27-24/h2-18,25,29H,1H3,(H,27,28,30). The van der Waals surface area contributed by atoms with Crippen LogP contribution in [0.3, 0.4) is 0 Å². The molecule has 8 heteroatoms. The normalized spacial score (nSPS) is 12.0. The van der Waals surface area contributed by atoms with E-state index in [-0.39, 0.29) is 10.8 Å². The number of aryl methyl sites for hydroxylation is 1. The van der Waals surface area contributed by atoms with Gasteiger partial charge in [0.1, 0.15) is 11.1 Å². The number of thioether (sulfide) groups is 1. The van der Waals surface area contributed by atoms with Crippen LogP contribution in [0.2, 0.25) is 0 Å². The van der Waals surface area contributed by atoms with E-state index in [1.54, 1.807) is 66.9 Å². The van der Waals surface area contributed by atoms with Crippen LogP contribution in [-0.2, 0) is 14.8 Å². The summed E-state index contributed by atoms with van der Waals surface area (Å²) in [4.78, 5) is 18.3. The number of anilines is 2. The Labute approximate surface area is 203 Å². The van der Waals surface area contributed by atoms with Crippen LogP contribution in [0.5, 0.6) is 0 Å². The fraction of sp³-hybridized carbons (Fsp3) is 0.0769. The third kappa shape index (κ3) is 6.03. The van der Waals surface area contributed by atoms with Crippen molar-refractivity contribution in [2.75, 3.05) is 10.0 Å². The van der Waals surface area contributed by atoms with E-state index < -0.39 is 15.3 Å². The molecule has 172 valence electrons. The van der Waals surface area contributed by atoms with Crippen molar-refractivity contribution in [3.8, 4) is 0 Å². The lowest BCUT2D eigenvalue weighted by atomic mass is 10.1. The highest BCUT2D eigenvalue weighted by molar-refractivity contribution is 8.00. The highest BCUT2D eigenvalue weighted by atomic mass is 32.2. The number of amides is 1. The number of hydrogen-bond donors (Lipinski definition) is 2. The van der Waals surface area contributed by atoms with Crippen molar-refractivity contribution >= 4 is 39.2 Å². The second-order valence-electron chi connectivity index (χ2n) is 7.56. The molecule has 1 aromatic heterocycles. The molecule has 1 heterocycles. The van der Waals surface area contributed by atoms with Gasteiger partial charge in [-0.15, -0.1) is 11.8 Å². The zero-order valence-corrected chi connectivity index (χ0v) is 20.0. The molecule has 0 bridgehead atoms. The zero-order valence-electron chi connectivity index (χ0n) is 18.4. The first-order valence-corrected chi connectivity index (χ1v) is 12.9. The number of carbonyl (C=O) groups excluding carboxylic acids is 1. The van der Waals surface area contributed by atoms with Crippen LogP contribution in [0.1, 0.15) is 16.4 Å². The van der Waals surface area contributed by atoms with Gasteiger partial charge in [-0.1, -0.05) is 54.1 Å². The molecule has 2 N–H and O–H groups in total. The molecule has 0 radical (unpaired) electrons. The molecule has 0 spiro atoms. The maximum Gasteiger partial charge on any atom is 0.261 e. The van der Waals surface area contributed by atoms with E-state index in [0.717, 1.165) is 16.0 Å². The van der Waals surface area contributed by atoms with Crippen molar-refractivity contribution in [2.24, 2.45) is 0 Å². The summed E-state index contributed by atoms with van der Waals surface area (Å²) in [6.45, 7) is 1.90. The van der Waals surface area contributed by atoms with Gasteiger partial charge in [-0.3, -0.25) is 9.52 Å². The minimum atomic E-state index is -3.68. The lowest BCUT2D eigenvalue weighted by Gasteiger charge is -2.17. The zero-order chi connectivity index (χ0) is 24.0. The summed E-state index contributed by atoms with van der Waals surface area (Å²) < 4.78 is 27.9. The number of pyridine rings is 1. The average molecular weight is 490 g/mol. The molecule has 4 rings (SSSR count). The Balaban J connectivity index is 1.50. The SMILES string of the molecule is Cc1ccc(S(=O)(=O)Nc2ccc(SC(C(=O)Nc3ccccn3)c3ccccc3)cc2)cc1. The molecular weight excluding hydrogens is 466 g/mol. The van der Waals surface area contributed by atoms with E-state index in [2.05, 4.69) is 15.0 Å². The van der Waals surface area contributed by atoms with Crippen LogP contribution in [0.15, 0.2) is 113 Å². The maximum atomic E-state index is 13.1. The van der Waals surface area contributed by atoms with Crippen LogP contribution in [0.25, 0.3) is 0 Å². The predicted octanol–water partition coefficient (Wildman–Crippen LogP) is 5.66. The molecule has 6 nitrogen and oxygen atoms in total. The number of sulfonamides is 1. The van der Waals surface area contributed by atoms with E-state index in [1.807, 2.05) is 43.3 Å². The predicted molar refractivity (Wildman–Crippen MR) is 136 cm³/mol. The first-order chi connectivity index (χ1) is 16.4. The Morgan fingerprint density at radius 2 is 1.53 bits per heavy atom. The molecule has 0 fully saturated rings. The molecule has 1 unspecified atom stereocenters. The Bertz CT molecular complexity index is 1340. The van der Waals surface area contributed by atoms with Gasteiger partial charge in [-0.25, -0.2) is 13.4 Å². The minimum absolute atomic E-state index is 0.195. The highest BCUT2D eigenvalue weighted by Crippen LogP contribution is 2.36. The van der Waals surface area contributed by atoms with Crippen LogP contribution >= 0.6 is 11.8 Å². The fourth-order valence-electron chi connectivity index (χ4n) is 3.20. The minimum Gasteiger partial charge on any atom is -0.309 e. The number of nitrogens with one attached hydrogen (secondary N) is 2. The van der Waals surface area contributed by atoms with E-state index in [9.17, 15) is 13.2 Å². The van der Waals surface area contributed by atoms with Gasteiger partial charge in [0.15, 0.2) is 0 Å². The van der Waals surface area contributed by atoms with Gasteiger partial charge in [0, 0.05) is 16.8 Å². The van der Waals surface area contributed by atoms with Crippen molar-refractivity contribution in [3.05, 3.63) is 114 Å². The summed E-state index contributed by atoms with van der Waals surface area (Å²) in [5.74, 6) is 0.286. The molecule has 1 amide bonds. The number of nitrogens with zero attached hydrogens (tertiary/aromatic N) is 1. The van der Waals surface area contributed by atoms with Crippen molar-refractivity contribution in [3.63, 3.8) is 0 Å². The van der Waals surface area contributed by atoms with Crippen molar-refractivity contribution in [2.45, 2.75) is 22.0 Å². The molecule has 4 aromatic rings. The van der Waals surface area contributed by atoms with E-state index in [0.29, 0.717) is 11.5 Å². The summed E-state index contributed by atoms with van der Waals surface area (Å²) in [6, 6.07) is 28.4. The second-order valence-corrected chi connectivity index (χ2v) is 10.4. The van der Waals surface area contributed by atoms with Crippen LogP contribution in [0, 0.1) is 6.92 Å². The summed E-state index contributed by atoms with van der Waals surface area (Å²) in [7, 11) is -3.68. The van der Waals surface area contributed by atoms with Gasteiger partial charge >= 0.3 is 0 Å². The smallest absolute Gasteiger partial charge is 0.261 e. The molecule has 0 saturated heterocycles. The summed E-state index contributed by atoms with van der Waals surface area (Å²) in [5.41, 5.74) is 2.28. The van der Waals surface area contributed by atoms with Gasteiger partial charge < -0.3 is 5.32 Å². The average Bonchev–Trinajstić information content (AvgIpc) is 2.85. The Morgan fingerprint density at radius 1 is 0.853 bits per heavy atom. The highest BCUT2D eigenvalue weighted by Gasteiger charge is 2.22. The van der Waals surface area contributed by atoms with E-state index >= 15 is 0 Å². The number of benzene rings is 3. The summed E-state index contributed by atoms with van der Waals surface area (Å²) in [5, 5.41) is 2.35. The van der Waals surface area contributed by atoms with Crippen LogP contribution in [0.4, 0.5) is 11.5 Å². The first kappa shape index (κ1) is 23.5. The van der Waals surface area contributed by atoms with E-state index in [1.165, 1.54) is 11.8 Å². The number of rotatable bonds is 8. The lowest BCUT2D eigenvalue weighted by molar-refractivity contribution is -0.115. The Hall–Kier alpha value is -3.62. The molecule has 0 aliphatic heterocycles. The quantitative estimate of drug-likeness (QED) is 0.312. The summed E-state index contributed by atoms with van der Waals surface area (Å²) in [6.07, 6.45) is 1.62. The molecule has 1 atom stereocenters. The largest absolute Gasteiger partial charge is 0.309 e. The molecule has 3 aromatic carbocycles. The summed E-state index contributed by atoms with van der Waals surface area (Å²) >= 11 is 1.38. The number of carbonyl (C=O) groups is 1. The number of aromatic nitrogens is 1. The molecular formula is C26H23N3O3S2. The van der Waals surface area contributed by atoms with Crippen LogP contribution < -0.4 is 10.0 Å². The van der Waals surface area contributed by atoms with Gasteiger partial charge in [-0.2, -0.15) is 0 Å². The molecule has 34 heavy (non-hydrogen) atoms. The van der Waals surface area contributed by atoms with Crippen molar-refractivity contribution < 1.29 is 13.2 Å². The van der Waals surface area contributed by atoms with Crippen molar-refractivity contribution in [1.82, 2.24) is 4.98 Å². The van der Waals surface area contributed by atoms with E-state index in [4.69, 9.17) is 0 Å². The fourth-order valence-corrected chi connectivity index (χ4v) is 5.28. The third-order valence-corrected chi connectivity index (χ3v) is 7.61. The maximum absolute atomic E-state index is 13.1. The van der Waals surface area contributed by atoms with Gasteiger partial charge in [0.2, 0.25) is 5.91 Å². The lowest BCUT2D eigenvalue weighted by Crippen LogP contribution is -2.19. The first-order valence-electron chi connectivity index (χ1n) is 10.5. The van der Waals surface area contributed by atoms with Gasteiger partial charge in [0.25, 0.3) is 10.0 Å². The third-order valence-electron chi connectivity index (χ3n) is 4.95. The molecule has 0 aliphatic rings.